The summed E-state index contributed by atoms with van der Waals surface area (Å²) < 4.78 is 46.4. The fourth-order valence-electron chi connectivity index (χ4n) is 4.15. The van der Waals surface area contributed by atoms with Crippen molar-refractivity contribution < 1.29 is 17.7 Å². The van der Waals surface area contributed by atoms with E-state index >= 15 is 0 Å². The largest absolute Gasteiger partial charge is 0.419 e. The Morgan fingerprint density at radius 2 is 2.09 bits per heavy atom. The molecule has 1 aromatic carbocycles. The Labute approximate surface area is 182 Å². The molecule has 2 aliphatic rings. The molecule has 1 fully saturated rings. The topological polar surface area (TPSA) is 88.8 Å². The van der Waals surface area contributed by atoms with Crippen molar-refractivity contribution in [2.75, 3.05) is 18.4 Å². The van der Waals surface area contributed by atoms with Gasteiger partial charge in [0.2, 0.25) is 17.7 Å². The molecule has 1 aliphatic carbocycles. The maximum atomic E-state index is 13.8. The Hall–Kier alpha value is -3.27. The molecule has 166 valence electrons. The number of anilines is 1. The van der Waals surface area contributed by atoms with Gasteiger partial charge >= 0.3 is 6.18 Å². The molecule has 0 radical (unpaired) electrons. The van der Waals surface area contributed by atoms with Crippen molar-refractivity contribution in [2.24, 2.45) is 0 Å². The number of nitrogens with zero attached hydrogens (tertiary/aromatic N) is 4. The summed E-state index contributed by atoms with van der Waals surface area (Å²) in [5, 5.41) is 10.4. The van der Waals surface area contributed by atoms with Crippen LogP contribution in [-0.2, 0) is 12.6 Å². The standard InChI is InChI=1S/C22H21F3N6O/c1-12-28-20(31-32-12)14-5-6-16-13(9-14)4-7-17(16)19-18(22(23,24)25)11-27-21(30-19)29-15-3-2-8-26-10-15/h5-7,9,11,15,26H,2-4,8,10H2,1H3,(H,27,29,30)/t15-/m0/s1. The minimum Gasteiger partial charge on any atom is -0.350 e. The number of nitrogens with one attached hydrogen (secondary N) is 2. The van der Waals surface area contributed by atoms with E-state index in [1.54, 1.807) is 25.1 Å². The zero-order valence-electron chi connectivity index (χ0n) is 17.3. The predicted octanol–water partition coefficient (Wildman–Crippen LogP) is 4.01. The van der Waals surface area contributed by atoms with Gasteiger partial charge in [0.1, 0.15) is 5.56 Å². The van der Waals surface area contributed by atoms with Gasteiger partial charge in [-0.25, -0.2) is 9.97 Å². The lowest BCUT2D eigenvalue weighted by atomic mass is 9.98. The molecule has 32 heavy (non-hydrogen) atoms. The minimum atomic E-state index is -4.56. The Bertz CT molecular complexity index is 1180. The number of alkyl halides is 3. The van der Waals surface area contributed by atoms with Crippen molar-refractivity contribution in [2.45, 2.75) is 38.4 Å². The van der Waals surface area contributed by atoms with E-state index in [1.165, 1.54) is 0 Å². The highest BCUT2D eigenvalue weighted by atomic mass is 19.4. The Kier molecular flexibility index (Phi) is 5.16. The van der Waals surface area contributed by atoms with Crippen molar-refractivity contribution in [3.63, 3.8) is 0 Å². The van der Waals surface area contributed by atoms with Crippen molar-refractivity contribution >= 4 is 11.5 Å². The maximum absolute atomic E-state index is 13.8. The molecule has 7 nitrogen and oxygen atoms in total. The van der Waals surface area contributed by atoms with Gasteiger partial charge in [-0.3, -0.25) is 0 Å². The summed E-state index contributed by atoms with van der Waals surface area (Å²) in [5.41, 5.74) is 1.85. The summed E-state index contributed by atoms with van der Waals surface area (Å²) in [4.78, 5) is 12.5. The first-order valence-electron chi connectivity index (χ1n) is 10.4. The fourth-order valence-corrected chi connectivity index (χ4v) is 4.15. The third kappa shape index (κ3) is 3.97. The molecule has 5 rings (SSSR count). The third-order valence-corrected chi connectivity index (χ3v) is 5.69. The van der Waals surface area contributed by atoms with Crippen LogP contribution in [0.15, 0.2) is 35.0 Å². The molecule has 2 N–H and O–H groups in total. The number of benzene rings is 1. The summed E-state index contributed by atoms with van der Waals surface area (Å²) in [5.74, 6) is 1.10. The number of fused-ring (bicyclic) bond motifs is 1. The number of aryl methyl sites for hydroxylation is 1. The number of piperidine rings is 1. The zero-order chi connectivity index (χ0) is 22.3. The molecular weight excluding hydrogens is 421 g/mol. The van der Waals surface area contributed by atoms with Gasteiger partial charge in [-0.1, -0.05) is 23.4 Å². The van der Waals surface area contributed by atoms with E-state index < -0.39 is 11.7 Å². The van der Waals surface area contributed by atoms with Gasteiger partial charge in [0, 0.05) is 36.8 Å². The highest BCUT2D eigenvalue weighted by Crippen LogP contribution is 2.40. The van der Waals surface area contributed by atoms with Gasteiger partial charge in [-0.15, -0.1) is 0 Å². The maximum Gasteiger partial charge on any atom is 0.419 e. The van der Waals surface area contributed by atoms with Crippen molar-refractivity contribution in [1.29, 1.82) is 0 Å². The minimum absolute atomic E-state index is 0.0826. The van der Waals surface area contributed by atoms with E-state index in [0.29, 0.717) is 29.3 Å². The summed E-state index contributed by atoms with van der Waals surface area (Å²) in [6.45, 7) is 3.36. The van der Waals surface area contributed by atoms with E-state index in [9.17, 15) is 13.2 Å². The second kappa shape index (κ2) is 8.01. The lowest BCUT2D eigenvalue weighted by Crippen LogP contribution is -2.38. The van der Waals surface area contributed by atoms with E-state index in [1.807, 2.05) is 6.07 Å². The average Bonchev–Trinajstić information content (AvgIpc) is 3.39. The highest BCUT2D eigenvalue weighted by molar-refractivity contribution is 5.85. The van der Waals surface area contributed by atoms with Gasteiger partial charge in [0.15, 0.2) is 0 Å². The van der Waals surface area contributed by atoms with Gasteiger partial charge in [-0.05, 0) is 43.0 Å². The molecule has 1 saturated heterocycles. The van der Waals surface area contributed by atoms with Crippen LogP contribution < -0.4 is 10.6 Å². The Morgan fingerprint density at radius 1 is 1.22 bits per heavy atom. The molecule has 1 aliphatic heterocycles. The van der Waals surface area contributed by atoms with Crippen LogP contribution in [0.3, 0.4) is 0 Å². The smallest absolute Gasteiger partial charge is 0.350 e. The normalized spacial score (nSPS) is 18.4. The second-order valence-corrected chi connectivity index (χ2v) is 7.97. The molecule has 0 saturated carbocycles. The quantitative estimate of drug-likeness (QED) is 0.631. The van der Waals surface area contributed by atoms with Gasteiger partial charge < -0.3 is 15.2 Å². The van der Waals surface area contributed by atoms with Crippen LogP contribution in [0.5, 0.6) is 0 Å². The van der Waals surface area contributed by atoms with Crippen molar-refractivity contribution in [3.8, 4) is 11.4 Å². The van der Waals surface area contributed by atoms with Gasteiger partial charge in [0.25, 0.3) is 0 Å². The van der Waals surface area contributed by atoms with Crippen LogP contribution in [0, 0.1) is 6.92 Å². The van der Waals surface area contributed by atoms with Crippen LogP contribution in [-0.4, -0.2) is 39.2 Å². The van der Waals surface area contributed by atoms with Gasteiger partial charge in [0.05, 0.1) is 5.69 Å². The fraction of sp³-hybridized carbons (Fsp3) is 0.364. The number of hydrogen-bond donors (Lipinski definition) is 2. The summed E-state index contributed by atoms with van der Waals surface area (Å²) in [7, 11) is 0. The monoisotopic (exact) mass is 442 g/mol. The number of halogens is 3. The Balaban J connectivity index is 1.50. The molecule has 2 aromatic heterocycles. The van der Waals surface area contributed by atoms with Crippen LogP contribution in [0.1, 0.15) is 41.1 Å². The molecule has 0 amide bonds. The second-order valence-electron chi connectivity index (χ2n) is 7.97. The highest BCUT2D eigenvalue weighted by Gasteiger charge is 2.37. The van der Waals surface area contributed by atoms with Crippen LogP contribution in [0.2, 0.25) is 0 Å². The molecule has 3 heterocycles. The Morgan fingerprint density at radius 3 is 2.81 bits per heavy atom. The number of rotatable bonds is 4. The van der Waals surface area contributed by atoms with Crippen LogP contribution in [0.4, 0.5) is 19.1 Å². The molecule has 1 atom stereocenters. The van der Waals surface area contributed by atoms with E-state index in [-0.39, 0.29) is 17.7 Å². The molecule has 0 spiro atoms. The van der Waals surface area contributed by atoms with Gasteiger partial charge in [-0.2, -0.15) is 18.2 Å². The number of allylic oxidation sites excluding steroid dienone is 1. The first-order valence-corrected chi connectivity index (χ1v) is 10.4. The lowest BCUT2D eigenvalue weighted by molar-refractivity contribution is -0.138. The first-order chi connectivity index (χ1) is 15.4. The van der Waals surface area contributed by atoms with Crippen molar-refractivity contribution in [1.82, 2.24) is 25.4 Å². The summed E-state index contributed by atoms with van der Waals surface area (Å²) in [6, 6.07) is 5.53. The van der Waals surface area contributed by atoms with E-state index in [0.717, 1.165) is 43.3 Å². The van der Waals surface area contributed by atoms with E-state index in [4.69, 9.17) is 4.52 Å². The van der Waals surface area contributed by atoms with Crippen molar-refractivity contribution in [3.05, 3.63) is 58.7 Å². The molecular formula is C22H21F3N6O. The SMILES string of the molecule is Cc1nc(-c2ccc3c(c2)CC=C3c2nc(N[C@H]3CCCNC3)ncc2C(F)(F)F)no1. The lowest BCUT2D eigenvalue weighted by Gasteiger charge is -2.24. The summed E-state index contributed by atoms with van der Waals surface area (Å²) in [6.07, 6.45) is 0.482. The summed E-state index contributed by atoms with van der Waals surface area (Å²) >= 11 is 0. The average molecular weight is 442 g/mol. The predicted molar refractivity (Wildman–Crippen MR) is 112 cm³/mol. The molecule has 0 unspecified atom stereocenters. The van der Waals surface area contributed by atoms with Crippen LogP contribution in [0.25, 0.3) is 17.0 Å². The molecule has 10 heteroatoms. The molecule has 3 aromatic rings. The van der Waals surface area contributed by atoms with E-state index in [2.05, 4.69) is 30.7 Å². The number of hydrogen-bond acceptors (Lipinski definition) is 7. The number of aromatic nitrogens is 4. The molecule has 0 bridgehead atoms. The first kappa shape index (κ1) is 20.6. The van der Waals surface area contributed by atoms with Crippen LogP contribution >= 0.6 is 0 Å². The zero-order valence-corrected chi connectivity index (χ0v) is 17.3. The third-order valence-electron chi connectivity index (χ3n) is 5.69.